The van der Waals surface area contributed by atoms with E-state index in [0.29, 0.717) is 6.42 Å². The molecular formula is C9H17NO2S. The van der Waals surface area contributed by atoms with Crippen LogP contribution in [-0.2, 0) is 10.0 Å². The van der Waals surface area contributed by atoms with E-state index in [4.69, 9.17) is 6.42 Å². The first-order valence-corrected chi connectivity index (χ1v) is 5.71. The van der Waals surface area contributed by atoms with Gasteiger partial charge in [-0.3, -0.25) is 0 Å². The molecule has 1 unspecified atom stereocenters. The molecule has 0 aliphatic heterocycles. The van der Waals surface area contributed by atoms with E-state index < -0.39 is 20.8 Å². The van der Waals surface area contributed by atoms with Crippen LogP contribution in [0.15, 0.2) is 0 Å². The molecule has 0 aromatic carbocycles. The molecule has 13 heavy (non-hydrogen) atoms. The molecule has 0 aliphatic carbocycles. The van der Waals surface area contributed by atoms with Crippen molar-refractivity contribution in [2.45, 2.75) is 44.9 Å². The molecule has 3 nitrogen and oxygen atoms in total. The maximum absolute atomic E-state index is 11.6. The number of hydrogen-bond donors (Lipinski definition) is 1. The molecule has 4 heteroatoms. The lowest BCUT2D eigenvalue weighted by molar-refractivity contribution is 0.535. The topological polar surface area (TPSA) is 46.2 Å². The van der Waals surface area contributed by atoms with E-state index in [0.717, 1.165) is 0 Å². The molecule has 76 valence electrons. The van der Waals surface area contributed by atoms with E-state index in [-0.39, 0.29) is 0 Å². The van der Waals surface area contributed by atoms with Crippen molar-refractivity contribution in [1.82, 2.24) is 4.72 Å². The van der Waals surface area contributed by atoms with Gasteiger partial charge < -0.3 is 0 Å². The smallest absolute Gasteiger partial charge is 0.212 e. The SMILES string of the molecule is C#CC(CC)NS(=O)(=O)C(C)(C)C. The fourth-order valence-corrected chi connectivity index (χ4v) is 1.56. The van der Waals surface area contributed by atoms with Crippen molar-refractivity contribution in [3.8, 4) is 12.3 Å². The van der Waals surface area contributed by atoms with E-state index >= 15 is 0 Å². The summed E-state index contributed by atoms with van der Waals surface area (Å²) in [5.41, 5.74) is 0. The summed E-state index contributed by atoms with van der Waals surface area (Å²) in [4.78, 5) is 0. The normalized spacial score (nSPS) is 15.0. The van der Waals surface area contributed by atoms with E-state index in [2.05, 4.69) is 10.6 Å². The minimum atomic E-state index is -3.31. The molecule has 0 saturated carbocycles. The Morgan fingerprint density at radius 3 is 2.15 bits per heavy atom. The molecular weight excluding hydrogens is 186 g/mol. The van der Waals surface area contributed by atoms with Crippen LogP contribution in [-0.4, -0.2) is 19.2 Å². The maximum atomic E-state index is 11.6. The summed E-state index contributed by atoms with van der Waals surface area (Å²) >= 11 is 0. The fraction of sp³-hybridized carbons (Fsp3) is 0.778. The molecule has 0 aliphatic rings. The highest BCUT2D eigenvalue weighted by atomic mass is 32.2. The summed E-state index contributed by atoms with van der Waals surface area (Å²) in [7, 11) is -3.31. The number of terminal acetylenes is 1. The highest BCUT2D eigenvalue weighted by Gasteiger charge is 2.30. The number of rotatable bonds is 3. The molecule has 0 amide bonds. The van der Waals surface area contributed by atoms with Crippen LogP contribution in [0.1, 0.15) is 34.1 Å². The quantitative estimate of drug-likeness (QED) is 0.699. The summed E-state index contributed by atoms with van der Waals surface area (Å²) in [6.45, 7) is 6.76. The zero-order chi connectivity index (χ0) is 10.7. The zero-order valence-corrected chi connectivity index (χ0v) is 9.40. The number of nitrogens with one attached hydrogen (secondary N) is 1. The Morgan fingerprint density at radius 2 is 1.92 bits per heavy atom. The van der Waals surface area contributed by atoms with Crippen LogP contribution < -0.4 is 4.72 Å². The summed E-state index contributed by atoms with van der Waals surface area (Å²) in [5, 5.41) is 0. The second-order valence-corrected chi connectivity index (χ2v) is 6.33. The maximum Gasteiger partial charge on any atom is 0.217 e. The average Bonchev–Trinajstić information content (AvgIpc) is 1.98. The van der Waals surface area contributed by atoms with Gasteiger partial charge in [0.2, 0.25) is 10.0 Å². The lowest BCUT2D eigenvalue weighted by atomic mass is 10.3. The number of sulfonamides is 1. The molecule has 0 aromatic heterocycles. The molecule has 0 aromatic rings. The molecule has 0 fully saturated rings. The Hall–Kier alpha value is -0.530. The second-order valence-electron chi connectivity index (χ2n) is 3.86. The summed E-state index contributed by atoms with van der Waals surface area (Å²) < 4.78 is 24.8. The lowest BCUT2D eigenvalue weighted by Crippen LogP contribution is -2.43. The van der Waals surface area contributed by atoms with Gasteiger partial charge >= 0.3 is 0 Å². The van der Waals surface area contributed by atoms with Gasteiger partial charge in [-0.25, -0.2) is 13.1 Å². The predicted molar refractivity (Wildman–Crippen MR) is 54.7 cm³/mol. The van der Waals surface area contributed by atoms with Crippen molar-refractivity contribution >= 4 is 10.0 Å². The monoisotopic (exact) mass is 203 g/mol. The molecule has 0 heterocycles. The van der Waals surface area contributed by atoms with Gasteiger partial charge in [0, 0.05) is 0 Å². The van der Waals surface area contributed by atoms with Gasteiger partial charge in [-0.15, -0.1) is 6.42 Å². The van der Waals surface area contributed by atoms with Crippen LogP contribution in [0.25, 0.3) is 0 Å². The van der Waals surface area contributed by atoms with Gasteiger partial charge in [-0.1, -0.05) is 12.8 Å². The third-order valence-electron chi connectivity index (χ3n) is 1.71. The summed E-state index contributed by atoms with van der Waals surface area (Å²) in [6, 6.07) is -0.399. The van der Waals surface area contributed by atoms with Gasteiger partial charge in [-0.2, -0.15) is 0 Å². The predicted octanol–water partition coefficient (Wildman–Crippen LogP) is 1.12. The van der Waals surface area contributed by atoms with E-state index in [1.54, 1.807) is 20.8 Å². The fourth-order valence-electron chi connectivity index (χ4n) is 0.599. The van der Waals surface area contributed by atoms with Crippen molar-refractivity contribution < 1.29 is 8.42 Å². The van der Waals surface area contributed by atoms with Gasteiger partial charge in [0.05, 0.1) is 10.8 Å². The van der Waals surface area contributed by atoms with Crippen molar-refractivity contribution in [1.29, 1.82) is 0 Å². The molecule has 0 radical (unpaired) electrons. The molecule has 0 rings (SSSR count). The lowest BCUT2D eigenvalue weighted by Gasteiger charge is -2.22. The first kappa shape index (κ1) is 12.5. The van der Waals surface area contributed by atoms with Crippen LogP contribution in [0, 0.1) is 12.3 Å². The minimum Gasteiger partial charge on any atom is -0.212 e. The van der Waals surface area contributed by atoms with Crippen LogP contribution in [0.2, 0.25) is 0 Å². The van der Waals surface area contributed by atoms with Crippen molar-refractivity contribution in [3.05, 3.63) is 0 Å². The second kappa shape index (κ2) is 4.12. The third kappa shape index (κ3) is 3.37. The molecule has 1 N–H and O–H groups in total. The first-order valence-electron chi connectivity index (χ1n) is 4.22. The highest BCUT2D eigenvalue weighted by Crippen LogP contribution is 2.13. The highest BCUT2D eigenvalue weighted by molar-refractivity contribution is 7.90. The Labute approximate surface area is 81.0 Å². The Kier molecular flexibility index (Phi) is 3.95. The summed E-state index contributed by atoms with van der Waals surface area (Å²) in [5.74, 6) is 2.39. The van der Waals surface area contributed by atoms with Crippen molar-refractivity contribution in [3.63, 3.8) is 0 Å². The van der Waals surface area contributed by atoms with Crippen LogP contribution in [0.3, 0.4) is 0 Å². The van der Waals surface area contributed by atoms with Gasteiger partial charge in [0.15, 0.2) is 0 Å². The summed E-state index contributed by atoms with van der Waals surface area (Å²) in [6.07, 6.45) is 5.76. The van der Waals surface area contributed by atoms with Gasteiger partial charge in [0.1, 0.15) is 0 Å². The zero-order valence-electron chi connectivity index (χ0n) is 8.59. The van der Waals surface area contributed by atoms with E-state index in [9.17, 15) is 8.42 Å². The molecule has 0 spiro atoms. The third-order valence-corrected chi connectivity index (χ3v) is 3.92. The average molecular weight is 203 g/mol. The van der Waals surface area contributed by atoms with Crippen LogP contribution >= 0.6 is 0 Å². The Bertz CT molecular complexity index is 293. The van der Waals surface area contributed by atoms with Crippen LogP contribution in [0.4, 0.5) is 0 Å². The minimum absolute atomic E-state index is 0.399. The van der Waals surface area contributed by atoms with Gasteiger partial charge in [-0.05, 0) is 27.2 Å². The molecule has 0 bridgehead atoms. The standard InChI is InChI=1S/C9H17NO2S/c1-6-8(7-2)10-13(11,12)9(3,4)5/h1,8,10H,7H2,2-5H3. The number of hydrogen-bond acceptors (Lipinski definition) is 2. The Balaban J connectivity index is 4.64. The van der Waals surface area contributed by atoms with E-state index in [1.807, 2.05) is 6.92 Å². The van der Waals surface area contributed by atoms with Crippen LogP contribution in [0.5, 0.6) is 0 Å². The first-order chi connectivity index (χ1) is 5.74. The van der Waals surface area contributed by atoms with Crippen molar-refractivity contribution in [2.24, 2.45) is 0 Å². The van der Waals surface area contributed by atoms with Gasteiger partial charge in [0.25, 0.3) is 0 Å². The largest absolute Gasteiger partial charge is 0.217 e. The van der Waals surface area contributed by atoms with Crippen molar-refractivity contribution in [2.75, 3.05) is 0 Å². The Morgan fingerprint density at radius 1 is 1.46 bits per heavy atom. The molecule has 1 atom stereocenters. The van der Waals surface area contributed by atoms with E-state index in [1.165, 1.54) is 0 Å². The molecule has 0 saturated heterocycles.